The van der Waals surface area contributed by atoms with Gasteiger partial charge in [0, 0.05) is 0 Å². The normalized spacial score (nSPS) is 25.6. The molecule has 1 aliphatic rings. The van der Waals surface area contributed by atoms with Crippen LogP contribution in [0.2, 0.25) is 0 Å². The van der Waals surface area contributed by atoms with Crippen LogP contribution in [-0.2, 0) is 9.59 Å². The molecule has 0 aliphatic heterocycles. The molecule has 0 aromatic carbocycles. The Hall–Kier alpha value is -1.32. The van der Waals surface area contributed by atoms with Crippen molar-refractivity contribution in [3.8, 4) is 0 Å². The highest BCUT2D eigenvalue weighted by Gasteiger charge is 2.63. The van der Waals surface area contributed by atoms with Gasteiger partial charge in [-0.3, -0.25) is 9.59 Å². The number of rotatable bonds is 18. The van der Waals surface area contributed by atoms with E-state index in [-0.39, 0.29) is 5.92 Å². The van der Waals surface area contributed by atoms with Crippen LogP contribution < -0.4 is 0 Å². The summed E-state index contributed by atoms with van der Waals surface area (Å²) >= 11 is 0. The maximum absolute atomic E-state index is 12.7. The third kappa shape index (κ3) is 7.36. The molecule has 4 heteroatoms. The van der Waals surface area contributed by atoms with Gasteiger partial charge in [-0.2, -0.15) is 0 Å². The molecular formula is C27H48O4. The monoisotopic (exact) mass is 436 g/mol. The van der Waals surface area contributed by atoms with E-state index in [9.17, 15) is 19.8 Å². The average molecular weight is 437 g/mol. The highest BCUT2D eigenvalue weighted by atomic mass is 16.4. The molecule has 0 radical (unpaired) electrons. The summed E-state index contributed by atoms with van der Waals surface area (Å²) in [7, 11) is 0. The molecular weight excluding hydrogens is 388 g/mol. The Labute approximate surface area is 190 Å². The lowest BCUT2D eigenvalue weighted by atomic mass is 9.50. The second-order valence-electron chi connectivity index (χ2n) is 9.83. The summed E-state index contributed by atoms with van der Waals surface area (Å²) in [6, 6.07) is 0. The maximum Gasteiger partial charge on any atom is 0.311 e. The highest BCUT2D eigenvalue weighted by molar-refractivity contribution is 5.88. The van der Waals surface area contributed by atoms with Gasteiger partial charge in [0.15, 0.2) is 0 Å². The zero-order valence-corrected chi connectivity index (χ0v) is 20.5. The van der Waals surface area contributed by atoms with Crippen LogP contribution in [0.3, 0.4) is 0 Å². The first kappa shape index (κ1) is 27.7. The van der Waals surface area contributed by atoms with E-state index >= 15 is 0 Å². The van der Waals surface area contributed by atoms with Gasteiger partial charge in [-0.25, -0.2) is 0 Å². The molecule has 1 aliphatic carbocycles. The first-order valence-corrected chi connectivity index (χ1v) is 13.0. The number of unbranched alkanes of at least 4 members (excludes halogenated alkanes) is 12. The van der Waals surface area contributed by atoms with Gasteiger partial charge in [-0.1, -0.05) is 123 Å². The molecule has 0 heterocycles. The fraction of sp³-hybridized carbons (Fsp3) is 0.852. The van der Waals surface area contributed by atoms with Gasteiger partial charge < -0.3 is 10.2 Å². The third-order valence-electron chi connectivity index (χ3n) is 7.70. The van der Waals surface area contributed by atoms with E-state index in [1.54, 1.807) is 0 Å². The minimum atomic E-state index is -1.21. The largest absolute Gasteiger partial charge is 0.481 e. The zero-order chi connectivity index (χ0) is 23.2. The van der Waals surface area contributed by atoms with Crippen molar-refractivity contribution in [2.45, 2.75) is 130 Å². The Morgan fingerprint density at radius 1 is 0.742 bits per heavy atom. The predicted octanol–water partition coefficient (Wildman–Crippen LogP) is 8.01. The van der Waals surface area contributed by atoms with E-state index in [0.29, 0.717) is 19.3 Å². The van der Waals surface area contributed by atoms with Crippen LogP contribution in [0.4, 0.5) is 0 Å². The Morgan fingerprint density at radius 2 is 1.19 bits per heavy atom. The Bertz CT molecular complexity index is 555. The lowest BCUT2D eigenvalue weighted by Gasteiger charge is -2.50. The molecule has 31 heavy (non-hydrogen) atoms. The molecule has 1 rings (SSSR count). The second-order valence-corrected chi connectivity index (χ2v) is 9.83. The third-order valence-corrected chi connectivity index (χ3v) is 7.70. The molecule has 0 saturated heterocycles. The lowest BCUT2D eigenvalue weighted by Crippen LogP contribution is -2.57. The fourth-order valence-electron chi connectivity index (χ4n) is 5.68. The van der Waals surface area contributed by atoms with Crippen molar-refractivity contribution in [2.24, 2.45) is 16.7 Å². The zero-order valence-electron chi connectivity index (χ0n) is 20.5. The van der Waals surface area contributed by atoms with Crippen LogP contribution in [0.15, 0.2) is 12.2 Å². The standard InChI is InChI=1S/C27H48O4/c1-4-6-8-10-12-14-16-20-26(24(28)29)21-18-19-23(3)27(26,25(30)31)22-17-15-13-11-9-7-5-2/h18-19,23H,4-17,20-22H2,1-3H3,(H,28,29)(H,30,31). The van der Waals surface area contributed by atoms with Gasteiger partial charge in [0.1, 0.15) is 0 Å². The van der Waals surface area contributed by atoms with Crippen molar-refractivity contribution in [1.29, 1.82) is 0 Å². The summed E-state index contributed by atoms with van der Waals surface area (Å²) < 4.78 is 0. The maximum atomic E-state index is 12.7. The summed E-state index contributed by atoms with van der Waals surface area (Å²) in [5.41, 5.74) is -2.40. The van der Waals surface area contributed by atoms with Crippen molar-refractivity contribution < 1.29 is 19.8 Å². The molecule has 0 fully saturated rings. The second kappa shape index (κ2) is 14.7. The summed E-state index contributed by atoms with van der Waals surface area (Å²) in [6.45, 7) is 6.31. The minimum absolute atomic E-state index is 0.264. The summed E-state index contributed by atoms with van der Waals surface area (Å²) in [4.78, 5) is 25.4. The Morgan fingerprint density at radius 3 is 1.65 bits per heavy atom. The van der Waals surface area contributed by atoms with Crippen molar-refractivity contribution in [3.05, 3.63) is 12.2 Å². The molecule has 2 N–H and O–H groups in total. The smallest absolute Gasteiger partial charge is 0.311 e. The lowest BCUT2D eigenvalue weighted by molar-refractivity contribution is -0.182. The van der Waals surface area contributed by atoms with Crippen LogP contribution in [0.25, 0.3) is 0 Å². The van der Waals surface area contributed by atoms with Gasteiger partial charge in [0.2, 0.25) is 0 Å². The molecule has 0 bridgehead atoms. The van der Waals surface area contributed by atoms with Crippen LogP contribution >= 0.6 is 0 Å². The number of hydrogen-bond donors (Lipinski definition) is 2. The van der Waals surface area contributed by atoms with E-state index in [1.165, 1.54) is 51.4 Å². The van der Waals surface area contributed by atoms with Gasteiger partial charge >= 0.3 is 11.9 Å². The van der Waals surface area contributed by atoms with E-state index < -0.39 is 22.8 Å². The first-order valence-electron chi connectivity index (χ1n) is 13.0. The van der Waals surface area contributed by atoms with E-state index in [0.717, 1.165) is 38.5 Å². The van der Waals surface area contributed by atoms with Gasteiger partial charge in [0.25, 0.3) is 0 Å². The number of carboxylic acids is 2. The number of allylic oxidation sites excluding steroid dienone is 2. The number of carboxylic acid groups (broad SMARTS) is 2. The van der Waals surface area contributed by atoms with Gasteiger partial charge in [0.05, 0.1) is 10.8 Å². The summed E-state index contributed by atoms with van der Waals surface area (Å²) in [5, 5.41) is 20.8. The topological polar surface area (TPSA) is 74.6 Å². The molecule has 0 spiro atoms. The fourth-order valence-corrected chi connectivity index (χ4v) is 5.68. The van der Waals surface area contributed by atoms with Gasteiger partial charge in [-0.05, 0) is 25.2 Å². The SMILES string of the molecule is CCCCCCCCCC1(C(=O)O)CC=CC(C)C1(CCCCCCCCC)C(=O)O. The Kier molecular flexibility index (Phi) is 13.1. The average Bonchev–Trinajstić information content (AvgIpc) is 2.73. The van der Waals surface area contributed by atoms with Crippen LogP contribution in [-0.4, -0.2) is 22.2 Å². The molecule has 0 amide bonds. The van der Waals surface area contributed by atoms with Crippen LogP contribution in [0, 0.1) is 16.7 Å². The number of aliphatic carboxylic acids is 2. The van der Waals surface area contributed by atoms with Crippen molar-refractivity contribution >= 4 is 11.9 Å². The first-order chi connectivity index (χ1) is 14.9. The van der Waals surface area contributed by atoms with Crippen molar-refractivity contribution in [1.82, 2.24) is 0 Å². The Balaban J connectivity index is 2.86. The van der Waals surface area contributed by atoms with Crippen LogP contribution in [0.5, 0.6) is 0 Å². The molecule has 0 aromatic rings. The molecule has 3 atom stereocenters. The molecule has 4 nitrogen and oxygen atoms in total. The van der Waals surface area contributed by atoms with Gasteiger partial charge in [-0.15, -0.1) is 0 Å². The minimum Gasteiger partial charge on any atom is -0.481 e. The van der Waals surface area contributed by atoms with E-state index in [4.69, 9.17) is 0 Å². The molecule has 0 aromatic heterocycles. The molecule has 180 valence electrons. The van der Waals surface area contributed by atoms with Crippen molar-refractivity contribution in [3.63, 3.8) is 0 Å². The quantitative estimate of drug-likeness (QED) is 0.168. The van der Waals surface area contributed by atoms with E-state index in [2.05, 4.69) is 13.8 Å². The molecule has 0 saturated carbocycles. The van der Waals surface area contributed by atoms with Crippen molar-refractivity contribution in [2.75, 3.05) is 0 Å². The predicted molar refractivity (Wildman–Crippen MR) is 128 cm³/mol. The summed E-state index contributed by atoms with van der Waals surface area (Å²) in [6.07, 6.45) is 20.7. The summed E-state index contributed by atoms with van der Waals surface area (Å²) in [5.74, 6) is -2.10. The van der Waals surface area contributed by atoms with Crippen LogP contribution in [0.1, 0.15) is 130 Å². The molecule has 3 unspecified atom stereocenters. The number of carbonyl (C=O) groups is 2. The van der Waals surface area contributed by atoms with E-state index in [1.807, 2.05) is 19.1 Å². The number of hydrogen-bond acceptors (Lipinski definition) is 2. The highest BCUT2D eigenvalue weighted by Crippen LogP contribution is 2.57.